The van der Waals surface area contributed by atoms with Crippen molar-refractivity contribution in [2.24, 2.45) is 4.99 Å². The second kappa shape index (κ2) is 9.37. The van der Waals surface area contributed by atoms with E-state index in [1.807, 2.05) is 63.2 Å². The molecule has 5 nitrogen and oxygen atoms in total. The lowest BCUT2D eigenvalue weighted by Gasteiger charge is -2.12. The second-order valence-electron chi connectivity index (χ2n) is 6.61. The van der Waals surface area contributed by atoms with E-state index in [1.54, 1.807) is 18.1 Å². The van der Waals surface area contributed by atoms with Gasteiger partial charge in [0.15, 0.2) is 5.17 Å². The number of carbonyl (C=O) groups excluding carboxylic acids is 1. The van der Waals surface area contributed by atoms with Crippen molar-refractivity contribution in [2.45, 2.75) is 26.9 Å². The van der Waals surface area contributed by atoms with Gasteiger partial charge in [0.25, 0.3) is 5.91 Å². The van der Waals surface area contributed by atoms with Gasteiger partial charge >= 0.3 is 0 Å². The predicted molar refractivity (Wildman–Crippen MR) is 120 cm³/mol. The van der Waals surface area contributed by atoms with Gasteiger partial charge in [0.05, 0.1) is 28.8 Å². The molecule has 0 aromatic heterocycles. The maximum absolute atomic E-state index is 12.8. The van der Waals surface area contributed by atoms with Crippen molar-refractivity contribution in [1.29, 1.82) is 0 Å². The van der Waals surface area contributed by atoms with Crippen LogP contribution >= 0.6 is 23.4 Å². The molecule has 2 aromatic rings. The topological polar surface area (TPSA) is 51.1 Å². The second-order valence-corrected chi connectivity index (χ2v) is 8.03. The number of carbonyl (C=O) groups is 1. The lowest BCUT2D eigenvalue weighted by atomic mass is 10.2. The highest BCUT2D eigenvalue weighted by atomic mass is 35.5. The van der Waals surface area contributed by atoms with Crippen molar-refractivity contribution in [3.05, 3.63) is 58.0 Å². The molecule has 0 radical (unpaired) electrons. The summed E-state index contributed by atoms with van der Waals surface area (Å²) >= 11 is 7.68. The van der Waals surface area contributed by atoms with Gasteiger partial charge in [-0.2, -0.15) is 0 Å². The van der Waals surface area contributed by atoms with E-state index in [0.29, 0.717) is 27.4 Å². The Morgan fingerprint density at radius 2 is 1.93 bits per heavy atom. The fourth-order valence-electron chi connectivity index (χ4n) is 2.75. The summed E-state index contributed by atoms with van der Waals surface area (Å²) in [4.78, 5) is 19.7. The molecule has 0 bridgehead atoms. The number of benzene rings is 2. The van der Waals surface area contributed by atoms with E-state index in [9.17, 15) is 4.79 Å². The van der Waals surface area contributed by atoms with Gasteiger partial charge in [-0.3, -0.25) is 9.69 Å². The molecule has 1 aliphatic rings. The quantitative estimate of drug-likeness (QED) is 0.546. The van der Waals surface area contributed by atoms with Crippen LogP contribution in [0.1, 0.15) is 26.3 Å². The van der Waals surface area contributed by atoms with Crippen molar-refractivity contribution in [1.82, 2.24) is 4.90 Å². The van der Waals surface area contributed by atoms with Crippen molar-refractivity contribution < 1.29 is 14.3 Å². The molecule has 0 aliphatic carbocycles. The smallest absolute Gasteiger partial charge is 0.266 e. The SMILES string of the molecule is CCN1C(=O)/C(=C\c2ccc(OC(C)C)c(Cl)c2)SC1=Nc1ccc(OC)cc1. The van der Waals surface area contributed by atoms with Crippen LogP contribution in [0.4, 0.5) is 5.69 Å². The van der Waals surface area contributed by atoms with Crippen LogP contribution in [-0.2, 0) is 4.79 Å². The number of amidine groups is 1. The first-order chi connectivity index (χ1) is 13.9. The van der Waals surface area contributed by atoms with Crippen LogP contribution in [0.2, 0.25) is 5.02 Å². The minimum absolute atomic E-state index is 0.0403. The molecular formula is C22H23ClN2O3S. The van der Waals surface area contributed by atoms with Crippen LogP contribution in [0.15, 0.2) is 52.4 Å². The zero-order valence-electron chi connectivity index (χ0n) is 16.8. The number of hydrogen-bond donors (Lipinski definition) is 0. The van der Waals surface area contributed by atoms with Crippen molar-refractivity contribution in [2.75, 3.05) is 13.7 Å². The van der Waals surface area contributed by atoms with Gasteiger partial charge in [-0.15, -0.1) is 0 Å². The van der Waals surface area contributed by atoms with Crippen LogP contribution in [-0.4, -0.2) is 35.7 Å². The summed E-state index contributed by atoms with van der Waals surface area (Å²) in [6.07, 6.45) is 1.87. The van der Waals surface area contributed by atoms with Gasteiger partial charge in [0.1, 0.15) is 11.5 Å². The number of likely N-dealkylation sites (N-methyl/N-ethyl adjacent to an activating group) is 1. The van der Waals surface area contributed by atoms with E-state index >= 15 is 0 Å². The molecule has 3 rings (SSSR count). The molecule has 1 amide bonds. The number of nitrogens with zero attached hydrogens (tertiary/aromatic N) is 2. The van der Waals surface area contributed by atoms with Gasteiger partial charge in [-0.1, -0.05) is 17.7 Å². The number of hydrogen-bond acceptors (Lipinski definition) is 5. The molecule has 1 fully saturated rings. The molecule has 29 heavy (non-hydrogen) atoms. The van der Waals surface area contributed by atoms with Crippen molar-refractivity contribution >= 4 is 46.2 Å². The first-order valence-electron chi connectivity index (χ1n) is 9.31. The maximum Gasteiger partial charge on any atom is 0.266 e. The Bertz CT molecular complexity index is 955. The molecular weight excluding hydrogens is 408 g/mol. The van der Waals surface area contributed by atoms with E-state index in [0.717, 1.165) is 17.0 Å². The summed E-state index contributed by atoms with van der Waals surface area (Å²) in [5, 5.41) is 1.17. The highest BCUT2D eigenvalue weighted by Crippen LogP contribution is 2.35. The molecule has 0 spiro atoms. The Morgan fingerprint density at radius 1 is 1.21 bits per heavy atom. The molecule has 0 saturated carbocycles. The van der Waals surface area contributed by atoms with Crippen LogP contribution in [0.3, 0.4) is 0 Å². The van der Waals surface area contributed by atoms with Crippen LogP contribution < -0.4 is 9.47 Å². The van der Waals surface area contributed by atoms with Gasteiger partial charge < -0.3 is 9.47 Å². The number of rotatable bonds is 6. The van der Waals surface area contributed by atoms with E-state index in [1.165, 1.54) is 11.8 Å². The van der Waals surface area contributed by atoms with Gasteiger partial charge in [-0.25, -0.2) is 4.99 Å². The number of aliphatic imine (C=N–C) groups is 1. The van der Waals surface area contributed by atoms with Gasteiger partial charge in [0, 0.05) is 6.54 Å². The Hall–Kier alpha value is -2.44. The zero-order valence-corrected chi connectivity index (χ0v) is 18.4. The first-order valence-corrected chi connectivity index (χ1v) is 10.5. The number of methoxy groups -OCH3 is 1. The third-order valence-corrected chi connectivity index (χ3v) is 5.42. The van der Waals surface area contributed by atoms with E-state index in [2.05, 4.69) is 4.99 Å². The summed E-state index contributed by atoms with van der Waals surface area (Å²) in [6, 6.07) is 12.9. The molecule has 152 valence electrons. The zero-order chi connectivity index (χ0) is 21.0. The average molecular weight is 431 g/mol. The van der Waals surface area contributed by atoms with Crippen molar-refractivity contribution in [3.8, 4) is 11.5 Å². The minimum Gasteiger partial charge on any atom is -0.497 e. The van der Waals surface area contributed by atoms with E-state index in [4.69, 9.17) is 21.1 Å². The number of halogens is 1. The summed E-state index contributed by atoms with van der Waals surface area (Å²) in [6.45, 7) is 6.37. The monoisotopic (exact) mass is 430 g/mol. The molecule has 1 heterocycles. The normalized spacial score (nSPS) is 16.9. The standard InChI is InChI=1S/C22H23ClN2O3S/c1-5-25-21(26)20(13-15-6-11-19(18(23)12-15)28-14(2)3)29-22(25)24-16-7-9-17(27-4)10-8-16/h6-14H,5H2,1-4H3/b20-13+,24-22?. The van der Waals surface area contributed by atoms with E-state index in [-0.39, 0.29) is 12.0 Å². The highest BCUT2D eigenvalue weighted by Gasteiger charge is 2.32. The molecule has 1 aliphatic heterocycles. The summed E-state index contributed by atoms with van der Waals surface area (Å²) in [7, 11) is 1.62. The third kappa shape index (κ3) is 5.14. The summed E-state index contributed by atoms with van der Waals surface area (Å²) in [5.74, 6) is 1.33. The average Bonchev–Trinajstić information content (AvgIpc) is 2.98. The number of amides is 1. The fourth-order valence-corrected chi connectivity index (χ4v) is 4.04. The fraction of sp³-hybridized carbons (Fsp3) is 0.273. The largest absolute Gasteiger partial charge is 0.497 e. The van der Waals surface area contributed by atoms with Gasteiger partial charge in [-0.05, 0) is 80.6 Å². The molecule has 0 atom stereocenters. The highest BCUT2D eigenvalue weighted by molar-refractivity contribution is 8.18. The number of ether oxygens (including phenoxy) is 2. The Morgan fingerprint density at radius 3 is 2.52 bits per heavy atom. The molecule has 0 unspecified atom stereocenters. The van der Waals surface area contributed by atoms with Crippen LogP contribution in [0.25, 0.3) is 6.08 Å². The van der Waals surface area contributed by atoms with Gasteiger partial charge in [0.2, 0.25) is 0 Å². The predicted octanol–water partition coefficient (Wildman–Crippen LogP) is 5.76. The maximum atomic E-state index is 12.8. The first kappa shape index (κ1) is 21.3. The van der Waals surface area contributed by atoms with Crippen molar-refractivity contribution in [3.63, 3.8) is 0 Å². The lowest BCUT2D eigenvalue weighted by Crippen LogP contribution is -2.28. The number of thioether (sulfide) groups is 1. The molecule has 0 N–H and O–H groups in total. The molecule has 7 heteroatoms. The Labute approximate surface area is 180 Å². The van der Waals surface area contributed by atoms with Crippen LogP contribution in [0, 0.1) is 0 Å². The molecule has 2 aromatic carbocycles. The van der Waals surface area contributed by atoms with E-state index < -0.39 is 0 Å². The molecule has 1 saturated heterocycles. The Kier molecular flexibility index (Phi) is 6.87. The Balaban J connectivity index is 1.86. The summed E-state index contributed by atoms with van der Waals surface area (Å²) < 4.78 is 10.8. The third-order valence-electron chi connectivity index (χ3n) is 4.12. The lowest BCUT2D eigenvalue weighted by molar-refractivity contribution is -0.122. The summed E-state index contributed by atoms with van der Waals surface area (Å²) in [5.41, 5.74) is 1.60. The minimum atomic E-state index is -0.0663. The van der Waals surface area contributed by atoms with Crippen LogP contribution in [0.5, 0.6) is 11.5 Å².